The second-order valence-corrected chi connectivity index (χ2v) is 3.53. The standard InChI is InChI=1S/C10H11NO2S/c1-11-10(14)5-7-2-3-8-9(4-7)13-6-12-8/h2-4H,5-6H2,1H3,(H,11,14). The van der Waals surface area contributed by atoms with E-state index in [2.05, 4.69) is 5.32 Å². The van der Waals surface area contributed by atoms with Crippen molar-refractivity contribution < 1.29 is 9.47 Å². The van der Waals surface area contributed by atoms with E-state index in [-0.39, 0.29) is 0 Å². The van der Waals surface area contributed by atoms with E-state index in [0.717, 1.165) is 28.5 Å². The Bertz CT molecular complexity index is 365. The summed E-state index contributed by atoms with van der Waals surface area (Å²) < 4.78 is 10.5. The molecular formula is C10H11NO2S. The van der Waals surface area contributed by atoms with Crippen molar-refractivity contribution in [1.29, 1.82) is 0 Å². The summed E-state index contributed by atoms with van der Waals surface area (Å²) in [7, 11) is 1.83. The van der Waals surface area contributed by atoms with Gasteiger partial charge in [-0.05, 0) is 17.7 Å². The molecule has 1 N–H and O–H groups in total. The molecule has 1 aliphatic heterocycles. The summed E-state index contributed by atoms with van der Waals surface area (Å²) >= 11 is 5.08. The van der Waals surface area contributed by atoms with Crippen LogP contribution < -0.4 is 14.8 Å². The maximum atomic E-state index is 5.27. The molecule has 1 aliphatic rings. The Labute approximate surface area is 88.0 Å². The van der Waals surface area contributed by atoms with Gasteiger partial charge in [0.25, 0.3) is 0 Å². The Hall–Kier alpha value is -1.29. The minimum Gasteiger partial charge on any atom is -0.454 e. The van der Waals surface area contributed by atoms with Gasteiger partial charge < -0.3 is 14.8 Å². The number of nitrogens with one attached hydrogen (secondary N) is 1. The molecule has 0 bridgehead atoms. The molecule has 14 heavy (non-hydrogen) atoms. The summed E-state index contributed by atoms with van der Waals surface area (Å²) in [6.45, 7) is 0.315. The van der Waals surface area contributed by atoms with Crippen LogP contribution in [0.25, 0.3) is 0 Å². The molecular weight excluding hydrogens is 198 g/mol. The number of fused-ring (bicyclic) bond motifs is 1. The van der Waals surface area contributed by atoms with Gasteiger partial charge in [-0.2, -0.15) is 0 Å². The second-order valence-electron chi connectivity index (χ2n) is 3.04. The van der Waals surface area contributed by atoms with E-state index in [1.807, 2.05) is 25.2 Å². The van der Waals surface area contributed by atoms with Gasteiger partial charge in [0.15, 0.2) is 11.5 Å². The molecule has 0 fully saturated rings. The van der Waals surface area contributed by atoms with Crippen molar-refractivity contribution in [3.63, 3.8) is 0 Å². The minimum absolute atomic E-state index is 0.315. The van der Waals surface area contributed by atoms with Crippen molar-refractivity contribution in [3.05, 3.63) is 23.8 Å². The van der Waals surface area contributed by atoms with Crippen LogP contribution in [0.2, 0.25) is 0 Å². The molecule has 0 unspecified atom stereocenters. The topological polar surface area (TPSA) is 30.5 Å². The molecule has 0 aromatic heterocycles. The van der Waals surface area contributed by atoms with Crippen LogP contribution in [0.3, 0.4) is 0 Å². The predicted molar refractivity (Wildman–Crippen MR) is 57.9 cm³/mol. The summed E-state index contributed by atoms with van der Waals surface area (Å²) in [4.78, 5) is 0.823. The van der Waals surface area contributed by atoms with Gasteiger partial charge >= 0.3 is 0 Å². The largest absolute Gasteiger partial charge is 0.454 e. The lowest BCUT2D eigenvalue weighted by atomic mass is 10.1. The average Bonchev–Trinajstić information content (AvgIpc) is 2.64. The van der Waals surface area contributed by atoms with E-state index >= 15 is 0 Å². The highest BCUT2D eigenvalue weighted by molar-refractivity contribution is 7.80. The summed E-state index contributed by atoms with van der Waals surface area (Å²) in [6.07, 6.45) is 0.739. The molecule has 0 saturated heterocycles. The summed E-state index contributed by atoms with van der Waals surface area (Å²) in [5.74, 6) is 1.62. The van der Waals surface area contributed by atoms with E-state index in [1.165, 1.54) is 0 Å². The summed E-state index contributed by atoms with van der Waals surface area (Å²) in [5, 5.41) is 2.94. The SMILES string of the molecule is CNC(=S)Cc1ccc2c(c1)OCO2. The van der Waals surface area contributed by atoms with Crippen LogP contribution in [0.1, 0.15) is 5.56 Å². The first kappa shape index (κ1) is 9.27. The first-order valence-corrected chi connectivity index (χ1v) is 4.79. The van der Waals surface area contributed by atoms with Crippen LogP contribution in [0, 0.1) is 0 Å². The molecule has 3 nitrogen and oxygen atoms in total. The van der Waals surface area contributed by atoms with Crippen molar-refractivity contribution in [2.75, 3.05) is 13.8 Å². The first-order valence-electron chi connectivity index (χ1n) is 4.38. The Kier molecular flexibility index (Phi) is 2.54. The lowest BCUT2D eigenvalue weighted by Gasteiger charge is -2.03. The third-order valence-electron chi connectivity index (χ3n) is 2.08. The Morgan fingerprint density at radius 3 is 3.00 bits per heavy atom. The van der Waals surface area contributed by atoms with E-state index in [0.29, 0.717) is 6.79 Å². The normalized spacial score (nSPS) is 12.6. The molecule has 1 heterocycles. The Morgan fingerprint density at radius 1 is 1.43 bits per heavy atom. The van der Waals surface area contributed by atoms with Crippen molar-refractivity contribution in [3.8, 4) is 11.5 Å². The molecule has 1 aromatic carbocycles. The fraction of sp³-hybridized carbons (Fsp3) is 0.300. The van der Waals surface area contributed by atoms with Gasteiger partial charge in [0.2, 0.25) is 6.79 Å². The van der Waals surface area contributed by atoms with Gasteiger partial charge in [-0.15, -0.1) is 0 Å². The van der Waals surface area contributed by atoms with Gasteiger partial charge in [0.05, 0.1) is 4.99 Å². The van der Waals surface area contributed by atoms with E-state index in [9.17, 15) is 0 Å². The van der Waals surface area contributed by atoms with Crippen molar-refractivity contribution in [1.82, 2.24) is 5.32 Å². The number of ether oxygens (including phenoxy) is 2. The molecule has 2 rings (SSSR count). The van der Waals surface area contributed by atoms with E-state index in [4.69, 9.17) is 21.7 Å². The highest BCUT2D eigenvalue weighted by Gasteiger charge is 2.13. The van der Waals surface area contributed by atoms with Crippen molar-refractivity contribution in [2.24, 2.45) is 0 Å². The Balaban J connectivity index is 2.16. The number of thiocarbonyl (C=S) groups is 1. The second kappa shape index (κ2) is 3.84. The smallest absolute Gasteiger partial charge is 0.231 e. The number of likely N-dealkylation sites (N-methyl/N-ethyl adjacent to an activating group) is 1. The van der Waals surface area contributed by atoms with Crippen LogP contribution in [-0.2, 0) is 6.42 Å². The predicted octanol–water partition coefficient (Wildman–Crippen LogP) is 1.50. The zero-order valence-corrected chi connectivity index (χ0v) is 8.69. The third-order valence-corrected chi connectivity index (χ3v) is 2.43. The van der Waals surface area contributed by atoms with Gasteiger partial charge in [0, 0.05) is 13.5 Å². The zero-order valence-electron chi connectivity index (χ0n) is 7.87. The molecule has 0 aliphatic carbocycles. The van der Waals surface area contributed by atoms with E-state index < -0.39 is 0 Å². The molecule has 0 atom stereocenters. The molecule has 0 spiro atoms. The lowest BCUT2D eigenvalue weighted by Crippen LogP contribution is -2.17. The van der Waals surface area contributed by atoms with Gasteiger partial charge in [-0.3, -0.25) is 0 Å². The molecule has 0 saturated carbocycles. The van der Waals surface area contributed by atoms with Crippen molar-refractivity contribution in [2.45, 2.75) is 6.42 Å². The maximum Gasteiger partial charge on any atom is 0.231 e. The quantitative estimate of drug-likeness (QED) is 0.748. The monoisotopic (exact) mass is 209 g/mol. The van der Waals surface area contributed by atoms with Crippen LogP contribution in [0.15, 0.2) is 18.2 Å². The molecule has 0 amide bonds. The van der Waals surface area contributed by atoms with Crippen molar-refractivity contribution >= 4 is 17.2 Å². The number of benzene rings is 1. The third kappa shape index (κ3) is 1.80. The first-order chi connectivity index (χ1) is 6.79. The van der Waals surface area contributed by atoms with Crippen LogP contribution in [0.4, 0.5) is 0 Å². The lowest BCUT2D eigenvalue weighted by molar-refractivity contribution is 0.174. The zero-order chi connectivity index (χ0) is 9.97. The van der Waals surface area contributed by atoms with Gasteiger partial charge in [-0.1, -0.05) is 18.3 Å². The molecule has 4 heteroatoms. The highest BCUT2D eigenvalue weighted by Crippen LogP contribution is 2.32. The minimum atomic E-state index is 0.315. The fourth-order valence-corrected chi connectivity index (χ4v) is 1.49. The molecule has 0 radical (unpaired) electrons. The number of rotatable bonds is 2. The average molecular weight is 209 g/mol. The van der Waals surface area contributed by atoms with E-state index in [1.54, 1.807) is 0 Å². The number of hydrogen-bond acceptors (Lipinski definition) is 3. The van der Waals surface area contributed by atoms with Crippen LogP contribution in [-0.4, -0.2) is 18.8 Å². The van der Waals surface area contributed by atoms with Gasteiger partial charge in [-0.25, -0.2) is 0 Å². The molecule has 74 valence electrons. The fourth-order valence-electron chi connectivity index (χ4n) is 1.32. The van der Waals surface area contributed by atoms with Crippen LogP contribution >= 0.6 is 12.2 Å². The summed E-state index contributed by atoms with van der Waals surface area (Å²) in [6, 6.07) is 5.87. The number of hydrogen-bond donors (Lipinski definition) is 1. The highest BCUT2D eigenvalue weighted by atomic mass is 32.1. The summed E-state index contributed by atoms with van der Waals surface area (Å²) in [5.41, 5.74) is 1.13. The Morgan fingerprint density at radius 2 is 2.21 bits per heavy atom. The van der Waals surface area contributed by atoms with Gasteiger partial charge in [0.1, 0.15) is 0 Å². The molecule has 1 aromatic rings. The van der Waals surface area contributed by atoms with Crippen LogP contribution in [0.5, 0.6) is 11.5 Å². The maximum absolute atomic E-state index is 5.27.